The monoisotopic (exact) mass is 462 g/mol. The van der Waals surface area contributed by atoms with Gasteiger partial charge in [-0.15, -0.1) is 0 Å². The second-order valence-corrected chi connectivity index (χ2v) is 7.55. The number of nitrogens with zero attached hydrogens (tertiary/aromatic N) is 2. The molecule has 0 bridgehead atoms. The van der Waals surface area contributed by atoms with Gasteiger partial charge in [-0.25, -0.2) is 9.78 Å². The zero-order valence-electron chi connectivity index (χ0n) is 19.0. The van der Waals surface area contributed by atoms with E-state index in [4.69, 9.17) is 13.9 Å². The van der Waals surface area contributed by atoms with Crippen LogP contribution in [0.1, 0.15) is 26.6 Å². The Bertz CT molecular complexity index is 1270. The fourth-order valence-corrected chi connectivity index (χ4v) is 3.74. The van der Waals surface area contributed by atoms with Crippen LogP contribution in [-0.4, -0.2) is 48.8 Å². The Morgan fingerprint density at radius 1 is 1.12 bits per heavy atom. The number of pyridine rings is 1. The predicted molar refractivity (Wildman–Crippen MR) is 128 cm³/mol. The zero-order valence-corrected chi connectivity index (χ0v) is 19.0. The molecule has 0 atom stereocenters. The number of hydrogen-bond donors (Lipinski definition) is 2. The third-order valence-electron chi connectivity index (χ3n) is 5.37. The van der Waals surface area contributed by atoms with Gasteiger partial charge in [0.1, 0.15) is 5.65 Å². The van der Waals surface area contributed by atoms with Gasteiger partial charge in [-0.05, 0) is 30.2 Å². The number of fused-ring (bicyclic) bond motifs is 1. The van der Waals surface area contributed by atoms with E-state index in [1.54, 1.807) is 30.0 Å². The third-order valence-corrected chi connectivity index (χ3v) is 5.37. The van der Waals surface area contributed by atoms with Crippen LogP contribution in [0.15, 0.2) is 65.4 Å². The smallest absolute Gasteiger partial charge is 0.356 e. The SMILES string of the molecule is COCCn1c(C(=O)OC)c(NC(=O)c2ccco2)c2cc(NCCc3ccccc3)cnc21. The summed E-state index contributed by atoms with van der Waals surface area (Å²) in [6.07, 6.45) is 3.95. The molecule has 3 heterocycles. The molecule has 9 nitrogen and oxygen atoms in total. The summed E-state index contributed by atoms with van der Waals surface area (Å²) in [5.41, 5.74) is 2.99. The van der Waals surface area contributed by atoms with Crippen LogP contribution in [0.3, 0.4) is 0 Å². The lowest BCUT2D eigenvalue weighted by Crippen LogP contribution is -2.18. The van der Waals surface area contributed by atoms with Crippen LogP contribution < -0.4 is 10.6 Å². The average molecular weight is 463 g/mol. The molecule has 3 aromatic heterocycles. The van der Waals surface area contributed by atoms with Crippen LogP contribution in [0.5, 0.6) is 0 Å². The number of methoxy groups -OCH3 is 2. The van der Waals surface area contributed by atoms with Crippen molar-refractivity contribution in [1.82, 2.24) is 9.55 Å². The Morgan fingerprint density at radius 2 is 1.94 bits per heavy atom. The molecule has 0 saturated heterocycles. The summed E-state index contributed by atoms with van der Waals surface area (Å²) in [6, 6.07) is 15.2. The number of furan rings is 1. The summed E-state index contributed by atoms with van der Waals surface area (Å²) in [6.45, 7) is 1.39. The normalized spacial score (nSPS) is 10.9. The van der Waals surface area contributed by atoms with Gasteiger partial charge < -0.3 is 29.1 Å². The number of hydrogen-bond acceptors (Lipinski definition) is 7. The van der Waals surface area contributed by atoms with Crippen LogP contribution >= 0.6 is 0 Å². The standard InChI is InChI=1S/C25H26N4O5/c1-32-14-12-29-22(25(31)33-2)21(28-24(30)20-9-6-13-34-20)19-15-18(16-27-23(19)29)26-11-10-17-7-4-3-5-8-17/h3-9,13,15-16,26H,10-12,14H2,1-2H3,(H,28,30). The molecule has 4 aromatic rings. The van der Waals surface area contributed by atoms with Crippen molar-refractivity contribution >= 4 is 34.3 Å². The largest absolute Gasteiger partial charge is 0.464 e. The van der Waals surface area contributed by atoms with Gasteiger partial charge in [-0.3, -0.25) is 4.79 Å². The zero-order chi connectivity index (χ0) is 23.9. The van der Waals surface area contributed by atoms with Gasteiger partial charge in [0.05, 0.1) is 37.6 Å². The van der Waals surface area contributed by atoms with E-state index in [0.717, 1.165) is 12.1 Å². The maximum Gasteiger partial charge on any atom is 0.356 e. The average Bonchev–Trinajstić information content (AvgIpc) is 3.50. The summed E-state index contributed by atoms with van der Waals surface area (Å²) in [5, 5.41) is 6.78. The second-order valence-electron chi connectivity index (χ2n) is 7.55. The van der Waals surface area contributed by atoms with Crippen molar-refractivity contribution in [2.75, 3.05) is 38.0 Å². The van der Waals surface area contributed by atoms with Crippen molar-refractivity contribution in [3.8, 4) is 0 Å². The van der Waals surface area contributed by atoms with Crippen molar-refractivity contribution in [3.63, 3.8) is 0 Å². The predicted octanol–water partition coefficient (Wildman–Crippen LogP) is 3.97. The summed E-state index contributed by atoms with van der Waals surface area (Å²) in [5.74, 6) is -0.954. The van der Waals surface area contributed by atoms with Crippen LogP contribution in [0.25, 0.3) is 11.0 Å². The highest BCUT2D eigenvalue weighted by atomic mass is 16.5. The summed E-state index contributed by atoms with van der Waals surface area (Å²) < 4.78 is 17.1. The van der Waals surface area contributed by atoms with E-state index < -0.39 is 11.9 Å². The van der Waals surface area contributed by atoms with Crippen molar-refractivity contribution in [3.05, 3.63) is 78.0 Å². The molecule has 0 aliphatic rings. The molecule has 0 aliphatic heterocycles. The molecule has 0 unspecified atom stereocenters. The summed E-state index contributed by atoms with van der Waals surface area (Å²) in [7, 11) is 2.87. The number of ether oxygens (including phenoxy) is 2. The summed E-state index contributed by atoms with van der Waals surface area (Å²) >= 11 is 0. The molecule has 34 heavy (non-hydrogen) atoms. The van der Waals surface area contributed by atoms with Gasteiger partial charge in [-0.2, -0.15) is 0 Å². The van der Waals surface area contributed by atoms with Gasteiger partial charge in [0, 0.05) is 25.6 Å². The Hall–Kier alpha value is -4.11. The quantitative estimate of drug-likeness (QED) is 0.343. The number of amides is 1. The van der Waals surface area contributed by atoms with Crippen molar-refractivity contribution in [2.45, 2.75) is 13.0 Å². The molecular weight excluding hydrogens is 436 g/mol. The highest BCUT2D eigenvalue weighted by Gasteiger charge is 2.27. The van der Waals surface area contributed by atoms with Gasteiger partial charge in [0.15, 0.2) is 11.5 Å². The van der Waals surface area contributed by atoms with Crippen LogP contribution in [0.4, 0.5) is 11.4 Å². The molecule has 4 rings (SSSR count). The molecule has 1 aromatic carbocycles. The van der Waals surface area contributed by atoms with Gasteiger partial charge >= 0.3 is 5.97 Å². The third kappa shape index (κ3) is 4.94. The molecule has 0 aliphatic carbocycles. The second kappa shape index (κ2) is 10.7. The van der Waals surface area contributed by atoms with E-state index in [1.807, 2.05) is 24.3 Å². The van der Waals surface area contributed by atoms with Crippen LogP contribution in [0, 0.1) is 0 Å². The van der Waals surface area contributed by atoms with E-state index >= 15 is 0 Å². The highest BCUT2D eigenvalue weighted by Crippen LogP contribution is 2.33. The molecular formula is C25H26N4O5. The topological polar surface area (TPSA) is 108 Å². The molecule has 176 valence electrons. The molecule has 1 amide bonds. The number of esters is 1. The minimum atomic E-state index is -0.595. The number of nitrogens with one attached hydrogen (secondary N) is 2. The minimum Gasteiger partial charge on any atom is -0.464 e. The van der Waals surface area contributed by atoms with Gasteiger partial charge in [0.25, 0.3) is 5.91 Å². The fraction of sp³-hybridized carbons (Fsp3) is 0.240. The highest BCUT2D eigenvalue weighted by molar-refractivity contribution is 6.14. The molecule has 0 spiro atoms. The Morgan fingerprint density at radius 3 is 2.65 bits per heavy atom. The first kappa shape index (κ1) is 23.1. The van der Waals surface area contributed by atoms with E-state index in [9.17, 15) is 9.59 Å². The molecule has 0 radical (unpaired) electrons. The van der Waals surface area contributed by atoms with E-state index in [1.165, 1.54) is 18.9 Å². The Labute approximate surface area is 196 Å². The van der Waals surface area contributed by atoms with Crippen LogP contribution in [-0.2, 0) is 22.4 Å². The number of anilines is 2. The lowest BCUT2D eigenvalue weighted by atomic mass is 10.1. The minimum absolute atomic E-state index is 0.124. The van der Waals surface area contributed by atoms with E-state index in [2.05, 4.69) is 27.8 Å². The molecule has 9 heteroatoms. The number of rotatable bonds is 10. The lowest BCUT2D eigenvalue weighted by Gasteiger charge is -2.10. The molecule has 2 N–H and O–H groups in total. The van der Waals surface area contributed by atoms with Gasteiger partial charge in [-0.1, -0.05) is 30.3 Å². The first-order valence-corrected chi connectivity index (χ1v) is 10.8. The van der Waals surface area contributed by atoms with Crippen molar-refractivity contribution in [1.29, 1.82) is 0 Å². The number of carbonyl (C=O) groups excluding carboxylic acids is 2. The fourth-order valence-electron chi connectivity index (χ4n) is 3.74. The first-order chi connectivity index (χ1) is 16.6. The maximum absolute atomic E-state index is 12.8. The Balaban J connectivity index is 1.71. The maximum atomic E-state index is 12.8. The lowest BCUT2D eigenvalue weighted by molar-refractivity contribution is 0.0588. The molecule has 0 fully saturated rings. The van der Waals surface area contributed by atoms with Crippen LogP contribution in [0.2, 0.25) is 0 Å². The van der Waals surface area contributed by atoms with Gasteiger partial charge in [0.2, 0.25) is 0 Å². The van der Waals surface area contributed by atoms with E-state index in [-0.39, 0.29) is 11.5 Å². The number of carbonyl (C=O) groups is 2. The number of benzene rings is 1. The Kier molecular flexibility index (Phi) is 7.24. The van der Waals surface area contributed by atoms with Crippen molar-refractivity contribution < 1.29 is 23.5 Å². The number of aromatic nitrogens is 2. The van der Waals surface area contributed by atoms with Crippen molar-refractivity contribution in [2.24, 2.45) is 0 Å². The van der Waals surface area contributed by atoms with E-state index in [0.29, 0.717) is 36.4 Å². The molecule has 0 saturated carbocycles. The summed E-state index contributed by atoms with van der Waals surface area (Å²) in [4.78, 5) is 30.2. The first-order valence-electron chi connectivity index (χ1n) is 10.8.